The molecule has 5 nitrogen and oxygen atoms in total. The van der Waals surface area contributed by atoms with Crippen LogP contribution in [0.3, 0.4) is 0 Å². The summed E-state index contributed by atoms with van der Waals surface area (Å²) < 4.78 is 2.75. The number of aliphatic imine (C=N–C) groups is 2. The van der Waals surface area contributed by atoms with Crippen LogP contribution in [0.15, 0.2) is 169 Å². The molecule has 1 amide bonds. The summed E-state index contributed by atoms with van der Waals surface area (Å²) in [5, 5.41) is 3.40. The van der Waals surface area contributed by atoms with E-state index in [0.29, 0.717) is 16.6 Å². The van der Waals surface area contributed by atoms with Gasteiger partial charge in [-0.25, -0.2) is 9.98 Å². The van der Waals surface area contributed by atoms with Gasteiger partial charge in [0, 0.05) is 31.5 Å². The molecule has 0 saturated heterocycles. The highest BCUT2D eigenvalue weighted by Gasteiger charge is 2.16. The maximum atomic E-state index is 12.2. The molecular weight excluding hydrogens is 984 g/mol. The van der Waals surface area contributed by atoms with E-state index in [-0.39, 0.29) is 38.4 Å². The summed E-state index contributed by atoms with van der Waals surface area (Å²) in [5.74, 6) is 0.426. The van der Waals surface area contributed by atoms with Crippen LogP contribution in [-0.2, 0) is 16.2 Å². The number of nitrogens with two attached hydrogens (primary N) is 1. The molecule has 0 aromatic heterocycles. The fourth-order valence-electron chi connectivity index (χ4n) is 5.58. The molecule has 9 heteroatoms. The fourth-order valence-corrected chi connectivity index (χ4v) is 6.92. The second-order valence-electron chi connectivity index (χ2n) is 17.2. The SMILES string of the molecule is C.C.CC(C)(C)c1ccc(C(=O)Nc2ccccc2Br)cc1.CC(C)(C)c1ccc(C(Cl)=Nc2ccccc2Br)cc1.CC(C)(C)c1ccc(C(N)=Nc2ccccc2Br)cc1.[2HH]. The Morgan fingerprint density at radius 1 is 0.500 bits per heavy atom. The lowest BCUT2D eigenvalue weighted by atomic mass is 9.86. The third-order valence-electron chi connectivity index (χ3n) is 9.34. The average molecular weight is 1050 g/mol. The molecule has 0 fully saturated rings. The van der Waals surface area contributed by atoms with E-state index in [4.69, 9.17) is 17.3 Å². The van der Waals surface area contributed by atoms with Gasteiger partial charge in [-0.2, -0.15) is 0 Å². The van der Waals surface area contributed by atoms with Crippen LogP contribution in [0.1, 0.15) is 117 Å². The van der Waals surface area contributed by atoms with Gasteiger partial charge in [-0.05, 0) is 129 Å². The maximum absolute atomic E-state index is 12.2. The van der Waals surface area contributed by atoms with Crippen LogP contribution in [0.2, 0.25) is 0 Å². The number of amides is 1. The number of amidine groups is 1. The number of benzene rings is 6. The zero-order valence-corrected chi connectivity index (χ0v) is 41.3. The van der Waals surface area contributed by atoms with E-state index in [1.165, 1.54) is 16.7 Å². The van der Waals surface area contributed by atoms with Crippen molar-refractivity contribution in [3.63, 3.8) is 0 Å². The van der Waals surface area contributed by atoms with E-state index in [1.54, 1.807) is 0 Å². The van der Waals surface area contributed by atoms with Crippen molar-refractivity contribution < 1.29 is 6.22 Å². The standard InChI is InChI=1S/C17H17BrClN.C17H19BrN2.C17H18BrNO.2CH4.H2/c2*1-17(2,3)13-10-8-12(9-11-13)16(19)20-15-7-5-4-6-14(15)18;1-17(2,3)13-10-8-12(9-11-13)16(20)19-15-7-5-4-6-14(15)18;;;/h4-11H,1-3H3;4-11H,1-3H3,(H2,19,20);4-11H,1-3H3,(H,19,20);2*1H4;1H/i;;;;;1+1. The van der Waals surface area contributed by atoms with Gasteiger partial charge in [-0.3, -0.25) is 4.79 Å². The van der Waals surface area contributed by atoms with E-state index in [2.05, 4.69) is 150 Å². The second kappa shape index (κ2) is 23.9. The molecule has 0 aliphatic carbocycles. The summed E-state index contributed by atoms with van der Waals surface area (Å²) in [5.41, 5.74) is 15.2. The lowest BCUT2D eigenvalue weighted by Crippen LogP contribution is -2.15. The van der Waals surface area contributed by atoms with Crippen molar-refractivity contribution in [1.82, 2.24) is 0 Å². The van der Waals surface area contributed by atoms with E-state index < -0.39 is 0 Å². The number of carbonyl (C=O) groups is 1. The van der Waals surface area contributed by atoms with Crippen molar-refractivity contribution >= 4 is 93.4 Å². The first-order valence-corrected chi connectivity index (χ1v) is 22.3. The molecule has 330 valence electrons. The minimum absolute atomic E-state index is 0. The van der Waals surface area contributed by atoms with E-state index >= 15 is 0 Å². The maximum Gasteiger partial charge on any atom is 0.255 e. The Morgan fingerprint density at radius 2 is 0.839 bits per heavy atom. The van der Waals surface area contributed by atoms with Crippen LogP contribution in [0.4, 0.5) is 17.1 Å². The molecule has 0 spiro atoms. The molecule has 0 atom stereocenters. The third-order valence-corrected chi connectivity index (χ3v) is 11.7. The van der Waals surface area contributed by atoms with E-state index in [0.717, 1.165) is 41.6 Å². The summed E-state index contributed by atoms with van der Waals surface area (Å²) in [6.45, 7) is 19.6. The molecule has 6 aromatic rings. The van der Waals surface area contributed by atoms with Crippen LogP contribution >= 0.6 is 59.4 Å². The van der Waals surface area contributed by atoms with Crippen molar-refractivity contribution in [3.05, 3.63) is 192 Å². The minimum Gasteiger partial charge on any atom is -0.383 e. The summed E-state index contributed by atoms with van der Waals surface area (Å²) in [6, 6.07) is 47.4. The Balaban J connectivity index is 0.000000462. The smallest absolute Gasteiger partial charge is 0.255 e. The van der Waals surface area contributed by atoms with Crippen molar-refractivity contribution in [2.45, 2.75) is 93.4 Å². The second-order valence-corrected chi connectivity index (χ2v) is 20.1. The van der Waals surface area contributed by atoms with Crippen molar-refractivity contribution in [2.75, 3.05) is 5.32 Å². The van der Waals surface area contributed by atoms with Gasteiger partial charge in [0.25, 0.3) is 5.91 Å². The zero-order valence-electron chi connectivity index (χ0n) is 35.7. The molecule has 6 rings (SSSR count). The summed E-state index contributed by atoms with van der Waals surface area (Å²) in [4.78, 5) is 21.1. The van der Waals surface area contributed by atoms with Crippen LogP contribution in [0, 0.1) is 0 Å². The number of hydrogen-bond donors (Lipinski definition) is 2. The van der Waals surface area contributed by atoms with Gasteiger partial charge >= 0.3 is 0 Å². The fraction of sp³-hybridized carbons (Fsp3) is 0.264. The molecule has 62 heavy (non-hydrogen) atoms. The minimum atomic E-state index is -0.0997. The molecule has 0 radical (unpaired) electrons. The van der Waals surface area contributed by atoms with Gasteiger partial charge in [-0.1, -0.05) is 186 Å². The predicted octanol–water partition coefficient (Wildman–Crippen LogP) is 17.4. The molecule has 0 aliphatic heterocycles. The average Bonchev–Trinajstić information content (AvgIpc) is 3.20. The summed E-state index contributed by atoms with van der Waals surface area (Å²) >= 11 is 16.7. The first kappa shape index (κ1) is 53.8. The van der Waals surface area contributed by atoms with Crippen LogP contribution in [0.25, 0.3) is 0 Å². The molecule has 0 saturated carbocycles. The number of anilines is 1. The molecule has 0 unspecified atom stereocenters. The normalized spacial score (nSPS) is 11.7. The lowest BCUT2D eigenvalue weighted by molar-refractivity contribution is 0.102. The Labute approximate surface area is 403 Å². The molecule has 0 heterocycles. The van der Waals surface area contributed by atoms with Gasteiger partial charge in [0.2, 0.25) is 0 Å². The molecular formula is C53H64Br3ClN4O. The van der Waals surface area contributed by atoms with Crippen molar-refractivity contribution in [3.8, 4) is 0 Å². The number of carbonyl (C=O) groups excluding carboxylic acids is 1. The lowest BCUT2D eigenvalue weighted by Gasteiger charge is -2.19. The van der Waals surface area contributed by atoms with Crippen molar-refractivity contribution in [2.24, 2.45) is 15.7 Å². The largest absolute Gasteiger partial charge is 0.383 e. The van der Waals surface area contributed by atoms with Crippen molar-refractivity contribution in [1.29, 1.82) is 0 Å². The number of para-hydroxylation sites is 3. The van der Waals surface area contributed by atoms with Crippen LogP contribution in [0.5, 0.6) is 0 Å². The van der Waals surface area contributed by atoms with E-state index in [1.807, 2.05) is 121 Å². The summed E-state index contributed by atoms with van der Waals surface area (Å²) in [6.07, 6.45) is 0. The first-order chi connectivity index (χ1) is 28.1. The third kappa shape index (κ3) is 16.4. The number of halogens is 4. The van der Waals surface area contributed by atoms with Gasteiger partial charge in [0.1, 0.15) is 11.0 Å². The van der Waals surface area contributed by atoms with Crippen LogP contribution < -0.4 is 11.1 Å². The molecule has 3 N–H and O–H groups in total. The Bertz CT molecular complexity index is 2300. The van der Waals surface area contributed by atoms with E-state index in [9.17, 15) is 4.79 Å². The Morgan fingerprint density at radius 3 is 1.23 bits per heavy atom. The number of nitrogens with zero attached hydrogens (tertiary/aromatic N) is 2. The highest BCUT2D eigenvalue weighted by molar-refractivity contribution is 9.11. The monoisotopic (exact) mass is 1050 g/mol. The highest BCUT2D eigenvalue weighted by Crippen LogP contribution is 2.29. The van der Waals surface area contributed by atoms with Gasteiger partial charge < -0.3 is 11.1 Å². The quantitative estimate of drug-likeness (QED) is 0.129. The molecule has 0 bridgehead atoms. The van der Waals surface area contributed by atoms with Gasteiger partial charge in [0.05, 0.1) is 17.1 Å². The molecule has 6 aromatic carbocycles. The number of rotatable bonds is 6. The van der Waals surface area contributed by atoms with Crippen LogP contribution in [-0.4, -0.2) is 16.9 Å². The molecule has 0 aliphatic rings. The number of nitrogens with one attached hydrogen (secondary N) is 1. The Kier molecular flexibility index (Phi) is 20.8. The summed E-state index contributed by atoms with van der Waals surface area (Å²) in [7, 11) is 0. The topological polar surface area (TPSA) is 79.8 Å². The highest BCUT2D eigenvalue weighted by atomic mass is 79.9. The predicted molar refractivity (Wildman–Crippen MR) is 284 cm³/mol. The Hall–Kier alpha value is -4.34. The van der Waals surface area contributed by atoms with Gasteiger partial charge in [0.15, 0.2) is 0 Å². The number of hydrogen-bond acceptors (Lipinski definition) is 3. The van der Waals surface area contributed by atoms with Gasteiger partial charge in [-0.15, -0.1) is 0 Å². The zero-order chi connectivity index (χ0) is 44.3. The first-order valence-electron chi connectivity index (χ1n) is 19.6.